The first kappa shape index (κ1) is 12.2. The fourth-order valence-corrected chi connectivity index (χ4v) is 2.90. The third-order valence-electron chi connectivity index (χ3n) is 3.85. The lowest BCUT2D eigenvalue weighted by atomic mass is 10.0. The molecule has 0 spiro atoms. The Morgan fingerprint density at radius 2 is 2.26 bits per heavy atom. The van der Waals surface area contributed by atoms with Gasteiger partial charge in [-0.05, 0) is 18.8 Å². The zero-order valence-electron chi connectivity index (χ0n) is 11.6. The van der Waals surface area contributed by atoms with Gasteiger partial charge in [-0.2, -0.15) is 15.1 Å². The average Bonchev–Trinajstić information content (AvgIpc) is 3.05. The van der Waals surface area contributed by atoms with Gasteiger partial charge in [-0.15, -0.1) is 0 Å². The Balaban J connectivity index is 2.10. The molecule has 1 aliphatic rings. The summed E-state index contributed by atoms with van der Waals surface area (Å²) in [4.78, 5) is 11.4. The predicted octanol–water partition coefficient (Wildman–Crippen LogP) is 2.02. The Labute approximate surface area is 112 Å². The van der Waals surface area contributed by atoms with E-state index in [1.54, 1.807) is 0 Å². The van der Waals surface area contributed by atoms with Crippen LogP contribution in [0.3, 0.4) is 0 Å². The van der Waals surface area contributed by atoms with Crippen LogP contribution in [0.4, 0.5) is 11.8 Å². The van der Waals surface area contributed by atoms with Crippen LogP contribution in [0.25, 0.3) is 11.0 Å². The van der Waals surface area contributed by atoms with Crippen LogP contribution in [-0.4, -0.2) is 39.8 Å². The standard InChI is InChI=1S/C13H20N6/c1-8(2)10-5-4-6-19(10)12-9-7-15-18-11(9)16-13(14-3)17-12/h7-8,10H,4-6H2,1-3H3,(H2,14,15,16,17,18). The summed E-state index contributed by atoms with van der Waals surface area (Å²) in [5, 5.41) is 11.1. The van der Waals surface area contributed by atoms with E-state index in [-0.39, 0.29) is 0 Å². The van der Waals surface area contributed by atoms with Gasteiger partial charge in [-0.1, -0.05) is 13.8 Å². The molecule has 0 radical (unpaired) electrons. The number of H-pyrrole nitrogens is 1. The first-order valence-corrected chi connectivity index (χ1v) is 6.86. The fraction of sp³-hybridized carbons (Fsp3) is 0.615. The number of nitrogens with one attached hydrogen (secondary N) is 2. The van der Waals surface area contributed by atoms with Crippen LogP contribution in [0.15, 0.2) is 6.20 Å². The molecule has 1 aliphatic heterocycles. The summed E-state index contributed by atoms with van der Waals surface area (Å²) in [6.07, 6.45) is 4.27. The summed E-state index contributed by atoms with van der Waals surface area (Å²) in [7, 11) is 1.84. The molecule has 0 amide bonds. The van der Waals surface area contributed by atoms with E-state index in [0.29, 0.717) is 17.9 Å². The molecule has 6 heteroatoms. The number of aromatic nitrogens is 4. The maximum atomic E-state index is 4.65. The van der Waals surface area contributed by atoms with E-state index >= 15 is 0 Å². The molecule has 0 aromatic carbocycles. The molecule has 1 fully saturated rings. The molecule has 1 unspecified atom stereocenters. The number of rotatable bonds is 3. The van der Waals surface area contributed by atoms with E-state index < -0.39 is 0 Å². The third-order valence-corrected chi connectivity index (χ3v) is 3.85. The topological polar surface area (TPSA) is 69.7 Å². The highest BCUT2D eigenvalue weighted by Crippen LogP contribution is 2.32. The third kappa shape index (κ3) is 2.01. The van der Waals surface area contributed by atoms with E-state index in [1.165, 1.54) is 12.8 Å². The molecule has 0 aliphatic carbocycles. The van der Waals surface area contributed by atoms with Gasteiger partial charge in [-0.25, -0.2) is 0 Å². The Hall–Kier alpha value is -1.85. The fourth-order valence-electron chi connectivity index (χ4n) is 2.90. The lowest BCUT2D eigenvalue weighted by Gasteiger charge is -2.29. The smallest absolute Gasteiger partial charge is 0.226 e. The number of nitrogens with zero attached hydrogens (tertiary/aromatic N) is 4. The van der Waals surface area contributed by atoms with Crippen molar-refractivity contribution in [2.75, 3.05) is 23.8 Å². The highest BCUT2D eigenvalue weighted by molar-refractivity contribution is 5.87. The van der Waals surface area contributed by atoms with Gasteiger partial charge in [0.05, 0.1) is 11.6 Å². The molecule has 0 bridgehead atoms. The summed E-state index contributed by atoms with van der Waals surface area (Å²) >= 11 is 0. The Morgan fingerprint density at radius 1 is 1.42 bits per heavy atom. The monoisotopic (exact) mass is 260 g/mol. The lowest BCUT2D eigenvalue weighted by molar-refractivity contribution is 0.490. The molecule has 6 nitrogen and oxygen atoms in total. The van der Waals surface area contributed by atoms with Crippen molar-refractivity contribution in [2.24, 2.45) is 5.92 Å². The van der Waals surface area contributed by atoms with E-state index in [9.17, 15) is 0 Å². The van der Waals surface area contributed by atoms with Gasteiger partial charge in [0.2, 0.25) is 5.95 Å². The second-order valence-electron chi connectivity index (χ2n) is 5.40. The first-order chi connectivity index (χ1) is 9.20. The van der Waals surface area contributed by atoms with Crippen LogP contribution < -0.4 is 10.2 Å². The van der Waals surface area contributed by atoms with Crippen molar-refractivity contribution in [2.45, 2.75) is 32.7 Å². The second-order valence-corrected chi connectivity index (χ2v) is 5.40. The minimum absolute atomic E-state index is 0.553. The first-order valence-electron chi connectivity index (χ1n) is 6.86. The predicted molar refractivity (Wildman–Crippen MR) is 76.4 cm³/mol. The normalized spacial score (nSPS) is 19.6. The Kier molecular flexibility index (Phi) is 3.00. The summed E-state index contributed by atoms with van der Waals surface area (Å²) in [5.74, 6) is 2.26. The van der Waals surface area contributed by atoms with Crippen LogP contribution in [-0.2, 0) is 0 Å². The van der Waals surface area contributed by atoms with Crippen LogP contribution in [0.1, 0.15) is 26.7 Å². The van der Waals surface area contributed by atoms with Crippen molar-refractivity contribution in [1.82, 2.24) is 20.2 Å². The van der Waals surface area contributed by atoms with Crippen LogP contribution >= 0.6 is 0 Å². The van der Waals surface area contributed by atoms with E-state index in [2.05, 4.69) is 44.2 Å². The minimum Gasteiger partial charge on any atom is -0.357 e. The van der Waals surface area contributed by atoms with Crippen molar-refractivity contribution >= 4 is 22.8 Å². The van der Waals surface area contributed by atoms with Crippen LogP contribution in [0, 0.1) is 5.92 Å². The molecule has 2 aromatic rings. The number of aromatic amines is 1. The van der Waals surface area contributed by atoms with Gasteiger partial charge in [0.1, 0.15) is 5.82 Å². The summed E-state index contributed by atoms with van der Waals surface area (Å²) in [5.41, 5.74) is 0.795. The Morgan fingerprint density at radius 3 is 3.00 bits per heavy atom. The molecule has 1 saturated heterocycles. The van der Waals surface area contributed by atoms with Crippen molar-refractivity contribution in [1.29, 1.82) is 0 Å². The Bertz CT molecular complexity index is 576. The molecule has 2 N–H and O–H groups in total. The van der Waals surface area contributed by atoms with Crippen molar-refractivity contribution in [3.8, 4) is 0 Å². The van der Waals surface area contributed by atoms with Crippen molar-refractivity contribution in [3.05, 3.63) is 6.20 Å². The van der Waals surface area contributed by atoms with Crippen molar-refractivity contribution < 1.29 is 0 Å². The van der Waals surface area contributed by atoms with Gasteiger partial charge in [0, 0.05) is 19.6 Å². The molecule has 19 heavy (non-hydrogen) atoms. The minimum atomic E-state index is 0.553. The largest absolute Gasteiger partial charge is 0.357 e. The molecule has 0 saturated carbocycles. The number of fused-ring (bicyclic) bond motifs is 1. The maximum Gasteiger partial charge on any atom is 0.226 e. The SMILES string of the molecule is CNc1nc(N2CCCC2C(C)C)c2cn[nH]c2n1. The van der Waals surface area contributed by atoms with E-state index in [1.807, 2.05) is 13.2 Å². The van der Waals surface area contributed by atoms with Gasteiger partial charge >= 0.3 is 0 Å². The number of hydrogen-bond donors (Lipinski definition) is 2. The van der Waals surface area contributed by atoms with Gasteiger partial charge in [0.25, 0.3) is 0 Å². The number of hydrogen-bond acceptors (Lipinski definition) is 5. The van der Waals surface area contributed by atoms with Crippen LogP contribution in [0.2, 0.25) is 0 Å². The summed E-state index contributed by atoms with van der Waals surface area (Å²) < 4.78 is 0. The van der Waals surface area contributed by atoms with E-state index in [4.69, 9.17) is 0 Å². The van der Waals surface area contributed by atoms with Crippen molar-refractivity contribution in [3.63, 3.8) is 0 Å². The van der Waals surface area contributed by atoms with Gasteiger partial charge < -0.3 is 10.2 Å². The highest BCUT2D eigenvalue weighted by atomic mass is 15.3. The molecule has 3 rings (SSSR count). The maximum absolute atomic E-state index is 4.65. The quantitative estimate of drug-likeness (QED) is 0.883. The van der Waals surface area contributed by atoms with Crippen LogP contribution in [0.5, 0.6) is 0 Å². The highest BCUT2D eigenvalue weighted by Gasteiger charge is 2.30. The summed E-state index contributed by atoms with van der Waals surface area (Å²) in [6, 6.07) is 0.553. The summed E-state index contributed by atoms with van der Waals surface area (Å²) in [6.45, 7) is 5.61. The molecular weight excluding hydrogens is 240 g/mol. The zero-order valence-corrected chi connectivity index (χ0v) is 11.6. The van der Waals surface area contributed by atoms with Gasteiger partial charge in [0.15, 0.2) is 5.65 Å². The molecule has 102 valence electrons. The zero-order chi connectivity index (χ0) is 13.4. The molecule has 2 aromatic heterocycles. The molecular formula is C13H20N6. The van der Waals surface area contributed by atoms with Gasteiger partial charge in [-0.3, -0.25) is 5.10 Å². The van der Waals surface area contributed by atoms with E-state index in [0.717, 1.165) is 23.4 Å². The lowest BCUT2D eigenvalue weighted by Crippen LogP contribution is -2.34. The molecule has 1 atom stereocenters. The molecule has 3 heterocycles. The number of anilines is 2. The average molecular weight is 260 g/mol. The second kappa shape index (κ2) is 4.68.